The fraction of sp³-hybridized carbons (Fsp3) is 0.111. The molecular formula is C9H10N6O2. The molecule has 0 spiro atoms. The largest absolute Gasteiger partial charge is 0.395 e. The van der Waals surface area contributed by atoms with Crippen LogP contribution in [0.4, 0.5) is 11.5 Å². The smallest absolute Gasteiger partial charge is 0.279 e. The molecule has 0 aliphatic rings. The summed E-state index contributed by atoms with van der Waals surface area (Å²) in [5.41, 5.74) is 6.29. The van der Waals surface area contributed by atoms with Gasteiger partial charge < -0.3 is 11.1 Å². The summed E-state index contributed by atoms with van der Waals surface area (Å²) < 4.78 is 0. The van der Waals surface area contributed by atoms with Crippen LogP contribution < -0.4 is 16.6 Å². The Morgan fingerprint density at radius 1 is 1.35 bits per heavy atom. The zero-order valence-electron chi connectivity index (χ0n) is 8.94. The van der Waals surface area contributed by atoms with Crippen molar-refractivity contribution in [3.63, 3.8) is 0 Å². The standard InChI is InChI=1S/C9H10N6O2/c1-4-7(10)8(15-12-4)9(17)11-5-2-3-6(16)14-13-5/h2-3H,10H2,1H3,(H,12,15)(H,14,16)(H,11,13,17). The van der Waals surface area contributed by atoms with Crippen molar-refractivity contribution in [3.8, 4) is 0 Å². The van der Waals surface area contributed by atoms with Crippen LogP contribution in [0.25, 0.3) is 0 Å². The normalized spacial score (nSPS) is 10.2. The predicted octanol–water partition coefficient (Wildman–Crippen LogP) is -0.364. The lowest BCUT2D eigenvalue weighted by Gasteiger charge is -2.01. The minimum atomic E-state index is -0.494. The molecule has 0 aromatic carbocycles. The van der Waals surface area contributed by atoms with E-state index in [-0.39, 0.29) is 22.8 Å². The molecule has 1 amide bonds. The fourth-order valence-corrected chi connectivity index (χ4v) is 1.20. The van der Waals surface area contributed by atoms with Crippen LogP contribution in [0.3, 0.4) is 0 Å². The van der Waals surface area contributed by atoms with E-state index in [9.17, 15) is 9.59 Å². The highest BCUT2D eigenvalue weighted by Gasteiger charge is 2.15. The number of hydrogen-bond donors (Lipinski definition) is 4. The molecule has 0 aliphatic heterocycles. The second-order valence-electron chi connectivity index (χ2n) is 3.37. The SMILES string of the molecule is Cc1[nH]nc(C(=O)Nc2ccc(=O)[nH]n2)c1N. The van der Waals surface area contributed by atoms with Crippen molar-refractivity contribution in [2.24, 2.45) is 0 Å². The third-order valence-electron chi connectivity index (χ3n) is 2.13. The van der Waals surface area contributed by atoms with Gasteiger partial charge in [-0.15, -0.1) is 0 Å². The van der Waals surface area contributed by atoms with Gasteiger partial charge in [-0.3, -0.25) is 14.7 Å². The molecule has 0 aliphatic carbocycles. The van der Waals surface area contributed by atoms with Crippen LogP contribution >= 0.6 is 0 Å². The van der Waals surface area contributed by atoms with Crippen LogP contribution in [-0.2, 0) is 0 Å². The number of aromatic amines is 2. The zero-order chi connectivity index (χ0) is 12.4. The maximum absolute atomic E-state index is 11.7. The average molecular weight is 234 g/mol. The predicted molar refractivity (Wildman–Crippen MR) is 60.5 cm³/mol. The number of carbonyl (C=O) groups is 1. The van der Waals surface area contributed by atoms with E-state index in [1.54, 1.807) is 6.92 Å². The van der Waals surface area contributed by atoms with Gasteiger partial charge >= 0.3 is 0 Å². The van der Waals surface area contributed by atoms with Crippen molar-refractivity contribution in [3.05, 3.63) is 33.9 Å². The number of nitrogens with two attached hydrogens (primary N) is 1. The summed E-state index contributed by atoms with van der Waals surface area (Å²) in [6.07, 6.45) is 0. The molecule has 2 aromatic heterocycles. The van der Waals surface area contributed by atoms with Crippen LogP contribution in [0.1, 0.15) is 16.2 Å². The summed E-state index contributed by atoms with van der Waals surface area (Å²) in [6.45, 7) is 1.71. The summed E-state index contributed by atoms with van der Waals surface area (Å²) >= 11 is 0. The molecule has 8 nitrogen and oxygen atoms in total. The lowest BCUT2D eigenvalue weighted by molar-refractivity contribution is 0.102. The van der Waals surface area contributed by atoms with Crippen molar-refractivity contribution < 1.29 is 4.79 Å². The second-order valence-corrected chi connectivity index (χ2v) is 3.37. The van der Waals surface area contributed by atoms with Crippen LogP contribution in [0, 0.1) is 6.92 Å². The minimum absolute atomic E-state index is 0.0931. The second kappa shape index (κ2) is 4.08. The van der Waals surface area contributed by atoms with Crippen LogP contribution in [0.15, 0.2) is 16.9 Å². The number of aromatic nitrogens is 4. The Bertz CT molecular complexity index is 594. The van der Waals surface area contributed by atoms with Gasteiger partial charge in [0.2, 0.25) is 0 Å². The zero-order valence-corrected chi connectivity index (χ0v) is 8.94. The lowest BCUT2D eigenvalue weighted by Crippen LogP contribution is -2.17. The van der Waals surface area contributed by atoms with Gasteiger partial charge in [0, 0.05) is 6.07 Å². The van der Waals surface area contributed by atoms with E-state index in [0.29, 0.717) is 5.69 Å². The van der Waals surface area contributed by atoms with Crippen LogP contribution in [0.2, 0.25) is 0 Å². The Labute approximate surface area is 95.2 Å². The molecule has 2 rings (SSSR count). The quantitative estimate of drug-likeness (QED) is 0.563. The highest BCUT2D eigenvalue weighted by molar-refractivity contribution is 6.05. The van der Waals surface area contributed by atoms with E-state index in [2.05, 4.69) is 25.7 Å². The number of nitrogens with one attached hydrogen (secondary N) is 3. The maximum atomic E-state index is 11.7. The number of nitrogens with zero attached hydrogens (tertiary/aromatic N) is 2. The molecule has 17 heavy (non-hydrogen) atoms. The molecular weight excluding hydrogens is 224 g/mol. The molecule has 0 bridgehead atoms. The number of anilines is 2. The molecule has 88 valence electrons. The number of carbonyl (C=O) groups excluding carboxylic acids is 1. The lowest BCUT2D eigenvalue weighted by atomic mass is 10.3. The molecule has 0 radical (unpaired) electrons. The van der Waals surface area contributed by atoms with Crippen molar-refractivity contribution in [2.75, 3.05) is 11.1 Å². The van der Waals surface area contributed by atoms with E-state index >= 15 is 0 Å². The minimum Gasteiger partial charge on any atom is -0.395 e. The molecule has 0 saturated carbocycles. The molecule has 2 heterocycles. The number of hydrogen-bond acceptors (Lipinski definition) is 5. The topological polar surface area (TPSA) is 130 Å². The van der Waals surface area contributed by atoms with Crippen molar-refractivity contribution >= 4 is 17.4 Å². The van der Waals surface area contributed by atoms with Gasteiger partial charge in [0.05, 0.1) is 11.4 Å². The number of rotatable bonds is 2. The van der Waals surface area contributed by atoms with Crippen molar-refractivity contribution in [1.29, 1.82) is 0 Å². The maximum Gasteiger partial charge on any atom is 0.279 e. The van der Waals surface area contributed by atoms with Gasteiger partial charge in [-0.2, -0.15) is 10.2 Å². The average Bonchev–Trinajstić information content (AvgIpc) is 2.63. The van der Waals surface area contributed by atoms with Gasteiger partial charge in [-0.1, -0.05) is 0 Å². The van der Waals surface area contributed by atoms with E-state index in [1.165, 1.54) is 12.1 Å². The Morgan fingerprint density at radius 2 is 2.12 bits per heavy atom. The summed E-state index contributed by atoms with van der Waals surface area (Å²) in [5.74, 6) is -0.277. The van der Waals surface area contributed by atoms with Gasteiger partial charge in [-0.05, 0) is 13.0 Å². The Balaban J connectivity index is 2.20. The third kappa shape index (κ3) is 2.14. The summed E-state index contributed by atoms with van der Waals surface area (Å²) in [6, 6.07) is 2.63. The van der Waals surface area contributed by atoms with Gasteiger partial charge in [0.1, 0.15) is 0 Å². The molecule has 0 unspecified atom stereocenters. The van der Waals surface area contributed by atoms with Gasteiger partial charge in [0.25, 0.3) is 11.5 Å². The van der Waals surface area contributed by atoms with E-state index < -0.39 is 5.91 Å². The highest BCUT2D eigenvalue weighted by Crippen LogP contribution is 2.13. The summed E-state index contributed by atoms with van der Waals surface area (Å²) in [4.78, 5) is 22.5. The number of amides is 1. The molecule has 2 aromatic rings. The van der Waals surface area contributed by atoms with E-state index in [4.69, 9.17) is 5.73 Å². The fourth-order valence-electron chi connectivity index (χ4n) is 1.20. The summed E-state index contributed by atoms with van der Waals surface area (Å²) in [7, 11) is 0. The Kier molecular flexibility index (Phi) is 2.61. The molecule has 0 saturated heterocycles. The first kappa shape index (κ1) is 10.9. The highest BCUT2D eigenvalue weighted by atomic mass is 16.2. The first-order valence-electron chi connectivity index (χ1n) is 4.75. The van der Waals surface area contributed by atoms with Gasteiger partial charge in [-0.25, -0.2) is 5.10 Å². The Morgan fingerprint density at radius 3 is 2.65 bits per heavy atom. The number of H-pyrrole nitrogens is 2. The molecule has 8 heteroatoms. The Hall–Kier alpha value is -2.64. The van der Waals surface area contributed by atoms with Crippen molar-refractivity contribution in [1.82, 2.24) is 20.4 Å². The molecule has 0 atom stereocenters. The first-order valence-corrected chi connectivity index (χ1v) is 4.75. The third-order valence-corrected chi connectivity index (χ3v) is 2.13. The van der Waals surface area contributed by atoms with Gasteiger partial charge in [0.15, 0.2) is 11.5 Å². The number of nitrogen functional groups attached to an aromatic ring is 1. The van der Waals surface area contributed by atoms with Crippen LogP contribution in [0.5, 0.6) is 0 Å². The van der Waals surface area contributed by atoms with E-state index in [0.717, 1.165) is 0 Å². The molecule has 0 fully saturated rings. The monoisotopic (exact) mass is 234 g/mol. The first-order chi connectivity index (χ1) is 8.08. The van der Waals surface area contributed by atoms with Crippen LogP contribution in [-0.4, -0.2) is 26.3 Å². The molecule has 5 N–H and O–H groups in total. The van der Waals surface area contributed by atoms with Crippen molar-refractivity contribution in [2.45, 2.75) is 6.92 Å². The van der Waals surface area contributed by atoms with E-state index in [1.807, 2.05) is 0 Å². The number of aryl methyl sites for hydroxylation is 1. The summed E-state index contributed by atoms with van der Waals surface area (Å²) in [5, 5.41) is 14.7.